The van der Waals surface area contributed by atoms with Gasteiger partial charge in [-0.25, -0.2) is 28.6 Å². The zero-order valence-electron chi connectivity index (χ0n) is 17.3. The molecule has 1 saturated heterocycles. The number of hydrogen-bond acceptors (Lipinski definition) is 11. The second kappa shape index (κ2) is 14.0. The molecule has 2 aromatic rings. The Morgan fingerprint density at radius 2 is 1.47 bits per heavy atom. The van der Waals surface area contributed by atoms with Crippen molar-refractivity contribution in [3.63, 3.8) is 0 Å². The molecule has 1 fully saturated rings. The molecule has 13 N–H and O–H groups in total. The van der Waals surface area contributed by atoms with E-state index < -0.39 is 54.6 Å². The minimum Gasteiger partial charge on any atom is -0.394 e. The lowest BCUT2D eigenvalue weighted by Crippen LogP contribution is -2.31. The van der Waals surface area contributed by atoms with Crippen molar-refractivity contribution in [3.8, 4) is 0 Å². The predicted octanol–water partition coefficient (Wildman–Crippen LogP) is -3.45. The minimum atomic E-state index is -4.64. The molecule has 1 aliphatic heterocycles. The molecule has 0 radical (unpaired) electrons. The molecule has 36 heavy (non-hydrogen) atoms. The lowest BCUT2D eigenvalue weighted by atomic mass is 10.1. The molecule has 206 valence electrons. The van der Waals surface area contributed by atoms with Gasteiger partial charge < -0.3 is 64.7 Å². The number of fused-ring (bicyclic) bond motifs is 1. The number of phosphoric acid groups is 3. The first-order valence-corrected chi connectivity index (χ1v) is 13.1. The third-order valence-electron chi connectivity index (χ3n) is 3.36. The Bertz CT molecular complexity index is 1100. The molecule has 3 rings (SSSR count). The topological polar surface area (TPSA) is 401 Å². The van der Waals surface area contributed by atoms with Crippen molar-refractivity contribution in [2.75, 3.05) is 12.3 Å². The van der Waals surface area contributed by atoms with Gasteiger partial charge in [0, 0.05) is 4.91 Å². The highest BCUT2D eigenvalue weighted by Gasteiger charge is 2.44. The van der Waals surface area contributed by atoms with E-state index in [-0.39, 0.29) is 5.82 Å². The molecule has 23 nitrogen and oxygen atoms in total. The summed E-state index contributed by atoms with van der Waals surface area (Å²) in [6, 6.07) is -0.916. The lowest BCUT2D eigenvalue weighted by Gasteiger charge is -2.16. The van der Waals surface area contributed by atoms with Gasteiger partial charge in [-0.15, -0.1) is 0 Å². The fraction of sp³-hybridized carbons (Fsp3) is 0.500. The Labute approximate surface area is 198 Å². The van der Waals surface area contributed by atoms with Crippen molar-refractivity contribution < 1.29 is 72.7 Å². The van der Waals surface area contributed by atoms with Gasteiger partial charge in [-0.1, -0.05) is 5.11 Å². The van der Waals surface area contributed by atoms with E-state index in [0.29, 0.717) is 11.2 Å². The molecule has 1 aliphatic rings. The summed E-state index contributed by atoms with van der Waals surface area (Å²) < 4.78 is 33.7. The van der Waals surface area contributed by atoms with E-state index in [2.05, 4.69) is 25.0 Å². The normalized spacial score (nSPS) is 21.6. The number of aliphatic hydroxyl groups excluding tert-OH is 2. The van der Waals surface area contributed by atoms with Crippen LogP contribution in [0.5, 0.6) is 0 Å². The predicted molar refractivity (Wildman–Crippen MR) is 112 cm³/mol. The number of aromatic nitrogens is 4. The van der Waals surface area contributed by atoms with Crippen molar-refractivity contribution in [2.45, 2.75) is 24.5 Å². The third-order valence-corrected chi connectivity index (χ3v) is 3.36. The summed E-state index contributed by atoms with van der Waals surface area (Å²) in [5.74, 6) is 0.205. The number of hydrogen-bond donors (Lipinski definition) is 12. The van der Waals surface area contributed by atoms with Gasteiger partial charge in [0.1, 0.15) is 30.2 Å². The number of rotatable bonds is 3. The van der Waals surface area contributed by atoms with Gasteiger partial charge in [0.25, 0.3) is 0 Å². The van der Waals surface area contributed by atoms with Crippen LogP contribution in [0, 0.1) is 0 Å². The first kappa shape index (κ1) is 33.9. The summed E-state index contributed by atoms with van der Waals surface area (Å²) in [7, 11) is -13.9. The SMILES string of the molecule is O=P(O)(O)O.O=P(O)(O)O.O=P(O)(O)O.[N-]=[N+]=N[C@H]1[C@H](O)[C@@H](CO)O[C@H]1n1cnc2c(N)ncnc21. The van der Waals surface area contributed by atoms with Crippen molar-refractivity contribution >= 4 is 40.4 Å². The van der Waals surface area contributed by atoms with Crippen LogP contribution in [0.3, 0.4) is 0 Å². The molecule has 0 aliphatic carbocycles. The Hall–Kier alpha value is -2.13. The summed E-state index contributed by atoms with van der Waals surface area (Å²) in [4.78, 5) is 79.4. The fourth-order valence-corrected chi connectivity index (χ4v) is 2.35. The van der Waals surface area contributed by atoms with Gasteiger partial charge in [-0.2, -0.15) is 0 Å². The van der Waals surface area contributed by atoms with Gasteiger partial charge in [0.15, 0.2) is 11.5 Å². The highest BCUT2D eigenvalue weighted by atomic mass is 31.2. The standard InChI is InChI=1S/C10H12N8O3.3H3O4P/c11-8-6-9(14-2-13-8)18(3-15-6)10-5(16-17-12)7(20)4(1-19)21-10;3*1-5(2,3)4/h2-5,7,10,19-20H,1H2,(H2,11,13,14);3*(H3,1,2,3,4)/t4-,5+,7-,10-;;;/m1.../s1. The molecule has 0 spiro atoms. The molecule has 26 heteroatoms. The van der Waals surface area contributed by atoms with Gasteiger partial charge in [0.05, 0.1) is 19.0 Å². The van der Waals surface area contributed by atoms with E-state index in [0.717, 1.165) is 0 Å². The molecule has 0 bridgehead atoms. The molecule has 0 unspecified atom stereocenters. The zero-order valence-corrected chi connectivity index (χ0v) is 20.0. The summed E-state index contributed by atoms with van der Waals surface area (Å²) in [6.45, 7) is -0.404. The van der Waals surface area contributed by atoms with Crippen molar-refractivity contribution in [3.05, 3.63) is 23.1 Å². The fourth-order valence-electron chi connectivity index (χ4n) is 2.35. The molecule has 0 saturated carbocycles. The Kier molecular flexibility index (Phi) is 13.2. The number of nitrogen functional groups attached to an aromatic ring is 1. The highest BCUT2D eigenvalue weighted by molar-refractivity contribution is 7.45. The molecule has 0 aromatic carbocycles. The van der Waals surface area contributed by atoms with E-state index in [9.17, 15) is 10.2 Å². The van der Waals surface area contributed by atoms with Gasteiger partial charge in [-0.3, -0.25) is 4.57 Å². The maximum absolute atomic E-state index is 10.0. The van der Waals surface area contributed by atoms with Gasteiger partial charge >= 0.3 is 23.5 Å². The van der Waals surface area contributed by atoms with E-state index in [1.807, 2.05) is 0 Å². The Morgan fingerprint density at radius 1 is 1.00 bits per heavy atom. The monoisotopic (exact) mass is 586 g/mol. The first-order chi connectivity index (χ1) is 16.2. The van der Waals surface area contributed by atoms with E-state index in [1.165, 1.54) is 17.2 Å². The van der Waals surface area contributed by atoms with Crippen LogP contribution in [-0.4, -0.2) is 98.6 Å². The van der Waals surface area contributed by atoms with Gasteiger partial charge in [-0.05, 0) is 5.53 Å². The van der Waals surface area contributed by atoms with Crippen LogP contribution in [0.15, 0.2) is 17.8 Å². The number of imidazole rings is 1. The number of anilines is 1. The minimum absolute atomic E-state index is 0.205. The second-order valence-corrected chi connectivity index (χ2v) is 9.14. The van der Waals surface area contributed by atoms with Crippen molar-refractivity contribution in [2.24, 2.45) is 5.11 Å². The van der Waals surface area contributed by atoms with Crippen molar-refractivity contribution in [1.82, 2.24) is 19.5 Å². The Morgan fingerprint density at radius 3 is 1.89 bits per heavy atom. The van der Waals surface area contributed by atoms with Crippen LogP contribution in [0.2, 0.25) is 0 Å². The maximum Gasteiger partial charge on any atom is 0.466 e. The molecule has 3 heterocycles. The van der Waals surface area contributed by atoms with E-state index in [4.69, 9.17) is 73.7 Å². The van der Waals surface area contributed by atoms with Crippen LogP contribution in [0.1, 0.15) is 6.23 Å². The van der Waals surface area contributed by atoms with Crippen LogP contribution in [0.4, 0.5) is 5.82 Å². The largest absolute Gasteiger partial charge is 0.466 e. The van der Waals surface area contributed by atoms with Crippen LogP contribution < -0.4 is 5.73 Å². The smallest absolute Gasteiger partial charge is 0.394 e. The maximum atomic E-state index is 10.0. The highest BCUT2D eigenvalue weighted by Crippen LogP contribution is 2.34. The quantitative estimate of drug-likeness (QED) is 0.0719. The summed E-state index contributed by atoms with van der Waals surface area (Å²) in [6.07, 6.45) is -0.151. The second-order valence-electron chi connectivity index (χ2n) is 6.06. The molecular weight excluding hydrogens is 565 g/mol. The number of ether oxygens (including phenoxy) is 1. The third kappa shape index (κ3) is 14.4. The van der Waals surface area contributed by atoms with Gasteiger partial charge in [0.2, 0.25) is 0 Å². The molecule has 2 aromatic heterocycles. The molecule has 4 atom stereocenters. The zero-order chi connectivity index (χ0) is 28.5. The van der Waals surface area contributed by atoms with Crippen LogP contribution in [0.25, 0.3) is 21.6 Å². The number of nitrogens with two attached hydrogens (primary N) is 1. The summed E-state index contributed by atoms with van der Waals surface area (Å²) in [5.41, 5.74) is 15.1. The number of azide groups is 1. The molecular formula is C10H21N8O15P3. The van der Waals surface area contributed by atoms with E-state index >= 15 is 0 Å². The van der Waals surface area contributed by atoms with Crippen LogP contribution in [-0.2, 0) is 18.4 Å². The number of aliphatic hydroxyl groups is 2. The lowest BCUT2D eigenvalue weighted by molar-refractivity contribution is -0.0437. The Balaban J connectivity index is 0.000000672. The number of nitrogens with zero attached hydrogens (tertiary/aromatic N) is 7. The first-order valence-electron chi connectivity index (χ1n) is 8.43. The van der Waals surface area contributed by atoms with Crippen LogP contribution >= 0.6 is 23.5 Å². The average Bonchev–Trinajstić information content (AvgIpc) is 3.21. The summed E-state index contributed by atoms with van der Waals surface area (Å²) >= 11 is 0. The van der Waals surface area contributed by atoms with E-state index in [1.54, 1.807) is 0 Å². The average molecular weight is 586 g/mol. The molecule has 0 amide bonds. The van der Waals surface area contributed by atoms with Crippen molar-refractivity contribution in [1.29, 1.82) is 0 Å². The summed E-state index contributed by atoms with van der Waals surface area (Å²) in [5, 5.41) is 22.8.